The normalized spacial score (nSPS) is 22.8. The Balaban J connectivity index is 1.23. The predicted molar refractivity (Wildman–Crippen MR) is 136 cm³/mol. The zero-order valence-corrected chi connectivity index (χ0v) is 20.4. The summed E-state index contributed by atoms with van der Waals surface area (Å²) in [6.45, 7) is 2.16. The number of piperidine rings is 1. The lowest BCUT2D eigenvalue weighted by Gasteiger charge is -2.42. The van der Waals surface area contributed by atoms with Crippen molar-refractivity contribution in [1.82, 2.24) is 14.4 Å². The van der Waals surface area contributed by atoms with Crippen LogP contribution in [-0.2, 0) is 16.1 Å². The Bertz CT molecular complexity index is 1250. The summed E-state index contributed by atoms with van der Waals surface area (Å²) in [7, 11) is 1.60. The monoisotopic (exact) mass is 495 g/mol. The first-order chi connectivity index (χ1) is 16.4. The second kappa shape index (κ2) is 9.38. The minimum absolute atomic E-state index is 0.0206. The Hall–Kier alpha value is -2.91. The van der Waals surface area contributed by atoms with Gasteiger partial charge in [-0.2, -0.15) is 0 Å². The van der Waals surface area contributed by atoms with Crippen LogP contribution in [0.4, 0.5) is 0 Å². The highest BCUT2D eigenvalue weighted by Crippen LogP contribution is 2.36. The van der Waals surface area contributed by atoms with Crippen LogP contribution in [0.5, 0.6) is 5.75 Å². The van der Waals surface area contributed by atoms with E-state index in [4.69, 9.17) is 17.0 Å². The Morgan fingerprint density at radius 3 is 2.82 bits per heavy atom. The number of hydrogen-bond acceptors (Lipinski definition) is 6. The number of likely N-dealkylation sites (tertiary alicyclic amines) is 1. The summed E-state index contributed by atoms with van der Waals surface area (Å²) in [6, 6.07) is 12.9. The second-order valence-electron chi connectivity index (χ2n) is 8.86. The highest BCUT2D eigenvalue weighted by Gasteiger charge is 2.37. The quantitative estimate of drug-likeness (QED) is 0.469. The van der Waals surface area contributed by atoms with Crippen LogP contribution in [0, 0.1) is 5.92 Å². The van der Waals surface area contributed by atoms with Crippen molar-refractivity contribution in [3.8, 4) is 5.75 Å². The molecule has 34 heavy (non-hydrogen) atoms. The Morgan fingerprint density at radius 1 is 1.18 bits per heavy atom. The fourth-order valence-electron chi connectivity index (χ4n) is 5.04. The van der Waals surface area contributed by atoms with Crippen molar-refractivity contribution in [2.24, 2.45) is 5.92 Å². The first kappa shape index (κ1) is 22.9. The number of hydrogen-bond donors (Lipinski definition) is 0. The number of carbonyl (C=O) groups is 2. The van der Waals surface area contributed by atoms with Gasteiger partial charge in [0.2, 0.25) is 5.91 Å². The molecule has 1 aromatic heterocycles. The van der Waals surface area contributed by atoms with Gasteiger partial charge >= 0.3 is 0 Å². The predicted octanol–water partition coefficient (Wildman–Crippen LogP) is 3.09. The van der Waals surface area contributed by atoms with Gasteiger partial charge in [-0.15, -0.1) is 0 Å². The number of fused-ring (bicyclic) bond motifs is 4. The van der Waals surface area contributed by atoms with E-state index in [0.29, 0.717) is 34.6 Å². The van der Waals surface area contributed by atoms with E-state index in [1.807, 2.05) is 39.8 Å². The van der Waals surface area contributed by atoms with Crippen LogP contribution in [-0.4, -0.2) is 57.2 Å². The zero-order valence-electron chi connectivity index (χ0n) is 18.8. The molecule has 0 unspecified atom stereocenters. The summed E-state index contributed by atoms with van der Waals surface area (Å²) >= 11 is 6.69. The van der Waals surface area contributed by atoms with E-state index in [0.717, 1.165) is 17.7 Å². The van der Waals surface area contributed by atoms with E-state index in [1.165, 1.54) is 16.7 Å². The van der Waals surface area contributed by atoms with Gasteiger partial charge in [0.25, 0.3) is 11.5 Å². The van der Waals surface area contributed by atoms with Crippen molar-refractivity contribution in [1.29, 1.82) is 0 Å². The molecule has 3 aliphatic rings. The summed E-state index contributed by atoms with van der Waals surface area (Å²) < 4.78 is 7.57. The maximum atomic E-state index is 13.1. The molecule has 9 heteroatoms. The van der Waals surface area contributed by atoms with Crippen LogP contribution < -0.4 is 10.3 Å². The van der Waals surface area contributed by atoms with E-state index >= 15 is 0 Å². The van der Waals surface area contributed by atoms with E-state index in [-0.39, 0.29) is 42.2 Å². The van der Waals surface area contributed by atoms with Crippen molar-refractivity contribution in [2.75, 3.05) is 26.7 Å². The summed E-state index contributed by atoms with van der Waals surface area (Å²) in [5, 5.41) is 0. The van der Waals surface area contributed by atoms with E-state index in [2.05, 4.69) is 0 Å². The molecular weight excluding hydrogens is 470 g/mol. The second-order valence-corrected chi connectivity index (χ2v) is 10.5. The summed E-state index contributed by atoms with van der Waals surface area (Å²) in [5.41, 5.74) is 1.90. The highest BCUT2D eigenvalue weighted by atomic mass is 32.2. The van der Waals surface area contributed by atoms with Crippen molar-refractivity contribution < 1.29 is 14.3 Å². The third kappa shape index (κ3) is 4.42. The topological polar surface area (TPSA) is 71.8 Å². The first-order valence-electron chi connectivity index (χ1n) is 11.3. The molecule has 2 atom stereocenters. The van der Waals surface area contributed by atoms with E-state index < -0.39 is 0 Å². The number of methoxy groups -OCH3 is 1. The standard InChI is InChI=1S/C25H25N3O4S2/c1-32-19-5-2-4-16(11-19)12-21-24(31)27(25(33)34-21)9-8-22(29)26-13-17-10-18(15-26)20-6-3-7-23(30)28(20)14-17/h2-7,11-12,17-18H,8-10,13-15H2,1H3/b21-12+/t17-,18+/m1/s1. The van der Waals surface area contributed by atoms with Crippen molar-refractivity contribution in [3.05, 3.63) is 69.0 Å². The van der Waals surface area contributed by atoms with Crippen molar-refractivity contribution in [2.45, 2.75) is 25.3 Å². The lowest BCUT2D eigenvalue weighted by Crippen LogP contribution is -2.49. The SMILES string of the molecule is COc1cccc(/C=C2/SC(=S)N(CCC(=O)N3C[C@H]4C[C@@H](C3)c3cccc(=O)n3C4)C2=O)c1. The molecule has 5 rings (SSSR count). The van der Waals surface area contributed by atoms with Gasteiger partial charge in [0.05, 0.1) is 12.0 Å². The van der Waals surface area contributed by atoms with Crippen LogP contribution in [0.3, 0.4) is 0 Å². The van der Waals surface area contributed by atoms with Crippen molar-refractivity contribution >= 4 is 46.2 Å². The molecule has 176 valence electrons. The van der Waals surface area contributed by atoms with Gasteiger partial charge in [-0.05, 0) is 42.2 Å². The lowest BCUT2D eigenvalue weighted by molar-refractivity contribution is -0.134. The maximum absolute atomic E-state index is 13.1. The smallest absolute Gasteiger partial charge is 0.266 e. The molecule has 0 spiro atoms. The number of thioether (sulfide) groups is 1. The number of pyridine rings is 1. The molecule has 2 amide bonds. The summed E-state index contributed by atoms with van der Waals surface area (Å²) in [4.78, 5) is 42.2. The molecule has 3 aliphatic heterocycles. The number of benzene rings is 1. The van der Waals surface area contributed by atoms with Gasteiger partial charge < -0.3 is 14.2 Å². The molecule has 2 bridgehead atoms. The zero-order chi connectivity index (χ0) is 23.8. The minimum atomic E-state index is -0.172. The number of carbonyl (C=O) groups excluding carboxylic acids is 2. The number of nitrogens with zero attached hydrogens (tertiary/aromatic N) is 3. The average molecular weight is 496 g/mol. The van der Waals surface area contributed by atoms with Crippen LogP contribution >= 0.6 is 24.0 Å². The average Bonchev–Trinajstić information content (AvgIpc) is 3.10. The van der Waals surface area contributed by atoms with Crippen LogP contribution in [0.1, 0.15) is 30.0 Å². The fraction of sp³-hybridized carbons (Fsp3) is 0.360. The molecule has 2 aromatic rings. The van der Waals surface area contributed by atoms with Crippen LogP contribution in [0.15, 0.2) is 52.2 Å². The molecule has 2 fully saturated rings. The molecule has 2 saturated heterocycles. The van der Waals surface area contributed by atoms with Crippen LogP contribution in [0.2, 0.25) is 0 Å². The number of ether oxygens (including phenoxy) is 1. The molecular formula is C25H25N3O4S2. The molecule has 0 saturated carbocycles. The van der Waals surface area contributed by atoms with Gasteiger partial charge in [0, 0.05) is 50.3 Å². The van der Waals surface area contributed by atoms with E-state index in [1.54, 1.807) is 25.3 Å². The van der Waals surface area contributed by atoms with Gasteiger partial charge in [0.15, 0.2) is 0 Å². The van der Waals surface area contributed by atoms with Gasteiger partial charge in [-0.25, -0.2) is 0 Å². The largest absolute Gasteiger partial charge is 0.497 e. The third-order valence-electron chi connectivity index (χ3n) is 6.65. The number of thiocarbonyl (C=S) groups is 1. The number of amides is 2. The number of rotatable bonds is 5. The molecule has 4 heterocycles. The van der Waals surface area contributed by atoms with Gasteiger partial charge in [-0.1, -0.05) is 42.2 Å². The minimum Gasteiger partial charge on any atom is -0.497 e. The Morgan fingerprint density at radius 2 is 2.00 bits per heavy atom. The molecule has 0 N–H and O–H groups in total. The molecule has 7 nitrogen and oxygen atoms in total. The van der Waals surface area contributed by atoms with E-state index in [9.17, 15) is 14.4 Å². The third-order valence-corrected chi connectivity index (χ3v) is 8.02. The summed E-state index contributed by atoms with van der Waals surface area (Å²) in [6.07, 6.45) is 3.02. The van der Waals surface area contributed by atoms with Gasteiger partial charge in [-0.3, -0.25) is 19.3 Å². The molecule has 1 aromatic carbocycles. The van der Waals surface area contributed by atoms with Crippen LogP contribution in [0.25, 0.3) is 6.08 Å². The molecule has 0 radical (unpaired) electrons. The fourth-order valence-corrected chi connectivity index (χ4v) is 6.35. The number of aromatic nitrogens is 1. The first-order valence-corrected chi connectivity index (χ1v) is 12.5. The lowest BCUT2D eigenvalue weighted by atomic mass is 9.83. The summed E-state index contributed by atoms with van der Waals surface area (Å²) in [5.74, 6) is 1.01. The van der Waals surface area contributed by atoms with Crippen molar-refractivity contribution in [3.63, 3.8) is 0 Å². The maximum Gasteiger partial charge on any atom is 0.266 e. The Labute approximate surface area is 207 Å². The van der Waals surface area contributed by atoms with Gasteiger partial charge in [0.1, 0.15) is 10.1 Å². The Kier molecular flexibility index (Phi) is 6.31. The highest BCUT2D eigenvalue weighted by molar-refractivity contribution is 8.26. The molecule has 0 aliphatic carbocycles.